The van der Waals surface area contributed by atoms with Crippen molar-refractivity contribution >= 4 is 5.97 Å². The summed E-state index contributed by atoms with van der Waals surface area (Å²) >= 11 is 0. The predicted octanol–water partition coefficient (Wildman–Crippen LogP) is 1.35. The van der Waals surface area contributed by atoms with Crippen LogP contribution >= 0.6 is 0 Å². The van der Waals surface area contributed by atoms with Gasteiger partial charge >= 0.3 is 5.97 Å². The van der Waals surface area contributed by atoms with E-state index in [1.807, 2.05) is 6.92 Å². The molecule has 1 rings (SSSR count). The van der Waals surface area contributed by atoms with Gasteiger partial charge in [0.05, 0.1) is 18.6 Å². The van der Waals surface area contributed by atoms with Crippen LogP contribution in [0.2, 0.25) is 0 Å². The van der Waals surface area contributed by atoms with E-state index in [1.165, 1.54) is 0 Å². The summed E-state index contributed by atoms with van der Waals surface area (Å²) in [5.74, 6) is 0.111. The van der Waals surface area contributed by atoms with Gasteiger partial charge in [-0.25, -0.2) is 0 Å². The van der Waals surface area contributed by atoms with Crippen molar-refractivity contribution in [1.82, 2.24) is 0 Å². The van der Waals surface area contributed by atoms with Crippen LogP contribution in [0.15, 0.2) is 0 Å². The Morgan fingerprint density at radius 2 is 2.15 bits per heavy atom. The molecule has 0 aliphatic heterocycles. The summed E-state index contributed by atoms with van der Waals surface area (Å²) in [5, 5.41) is 9.41. The first-order valence-corrected chi connectivity index (χ1v) is 5.03. The molecule has 1 aliphatic rings. The van der Waals surface area contributed by atoms with Crippen molar-refractivity contribution in [3.05, 3.63) is 0 Å². The minimum atomic E-state index is -0.306. The summed E-state index contributed by atoms with van der Waals surface area (Å²) in [7, 11) is 0. The van der Waals surface area contributed by atoms with Crippen molar-refractivity contribution in [1.29, 1.82) is 0 Å². The lowest BCUT2D eigenvalue weighted by Crippen LogP contribution is -2.21. The Hall–Kier alpha value is -0.570. The maximum absolute atomic E-state index is 11.4. The number of carbonyl (C=O) groups excluding carboxylic acids is 1. The first-order valence-electron chi connectivity index (χ1n) is 5.03. The van der Waals surface area contributed by atoms with Crippen LogP contribution in [-0.4, -0.2) is 23.8 Å². The maximum Gasteiger partial charge on any atom is 0.309 e. The lowest BCUT2D eigenvalue weighted by Gasteiger charge is -2.15. The molecule has 1 saturated carbocycles. The van der Waals surface area contributed by atoms with Crippen LogP contribution < -0.4 is 0 Å². The summed E-state index contributed by atoms with van der Waals surface area (Å²) in [4.78, 5) is 11.4. The smallest absolute Gasteiger partial charge is 0.309 e. The van der Waals surface area contributed by atoms with E-state index in [1.54, 1.807) is 0 Å². The molecule has 1 aliphatic carbocycles. The quantitative estimate of drug-likeness (QED) is 0.677. The van der Waals surface area contributed by atoms with Gasteiger partial charge in [-0.15, -0.1) is 0 Å². The number of rotatable bonds is 3. The zero-order chi connectivity index (χ0) is 9.84. The third-order valence-electron chi connectivity index (χ3n) is 2.78. The minimum absolute atomic E-state index is 0.0695. The highest BCUT2D eigenvalue weighted by Gasteiger charge is 2.37. The zero-order valence-electron chi connectivity index (χ0n) is 8.32. The van der Waals surface area contributed by atoms with Crippen molar-refractivity contribution in [3.63, 3.8) is 0 Å². The van der Waals surface area contributed by atoms with Crippen LogP contribution in [0.1, 0.15) is 33.1 Å². The fourth-order valence-electron chi connectivity index (χ4n) is 2.08. The molecule has 3 nitrogen and oxygen atoms in total. The van der Waals surface area contributed by atoms with Gasteiger partial charge in [-0.3, -0.25) is 4.79 Å². The summed E-state index contributed by atoms with van der Waals surface area (Å²) in [6.07, 6.45) is 1.97. The Labute approximate surface area is 79.1 Å². The van der Waals surface area contributed by atoms with Crippen LogP contribution in [0.25, 0.3) is 0 Å². The lowest BCUT2D eigenvalue weighted by atomic mass is 9.94. The third kappa shape index (κ3) is 2.44. The summed E-state index contributed by atoms with van der Waals surface area (Å²) in [5.41, 5.74) is 0. The van der Waals surface area contributed by atoms with Gasteiger partial charge in [0.25, 0.3) is 0 Å². The molecule has 0 aromatic carbocycles. The molecule has 0 aromatic rings. The molecule has 0 unspecified atom stereocenters. The fourth-order valence-corrected chi connectivity index (χ4v) is 2.08. The molecular formula is C10H18O3. The molecule has 0 heterocycles. The summed E-state index contributed by atoms with van der Waals surface area (Å²) < 4.78 is 4.96. The summed E-state index contributed by atoms with van der Waals surface area (Å²) in [6.45, 7) is 4.29. The normalized spacial score (nSPS) is 33.3. The van der Waals surface area contributed by atoms with E-state index in [0.717, 1.165) is 12.8 Å². The molecule has 0 bridgehead atoms. The van der Waals surface area contributed by atoms with Crippen molar-refractivity contribution < 1.29 is 14.6 Å². The average molecular weight is 186 g/mol. The van der Waals surface area contributed by atoms with Crippen LogP contribution in [0.3, 0.4) is 0 Å². The van der Waals surface area contributed by atoms with E-state index in [4.69, 9.17) is 4.74 Å². The Kier molecular flexibility index (Phi) is 3.72. The molecule has 0 spiro atoms. The Bertz CT molecular complexity index is 179. The van der Waals surface area contributed by atoms with Crippen molar-refractivity contribution in [2.45, 2.75) is 39.2 Å². The van der Waals surface area contributed by atoms with Crippen LogP contribution in [-0.2, 0) is 9.53 Å². The highest BCUT2D eigenvalue weighted by atomic mass is 16.5. The van der Waals surface area contributed by atoms with Gasteiger partial charge in [-0.2, -0.15) is 0 Å². The minimum Gasteiger partial charge on any atom is -0.466 e. The first kappa shape index (κ1) is 10.5. The molecule has 0 saturated heterocycles. The van der Waals surface area contributed by atoms with Crippen LogP contribution in [0.5, 0.6) is 0 Å². The standard InChI is InChI=1S/C10H18O3/c1-3-7-5-8(11)6-9(7)10(12)13-4-2/h7-9,11H,3-6H2,1-2H3/t7-,8-,9+/m1/s1. The van der Waals surface area contributed by atoms with Gasteiger partial charge in [0.1, 0.15) is 0 Å². The molecule has 0 amide bonds. The van der Waals surface area contributed by atoms with Crippen molar-refractivity contribution in [2.24, 2.45) is 11.8 Å². The highest BCUT2D eigenvalue weighted by Crippen LogP contribution is 2.34. The van der Waals surface area contributed by atoms with Gasteiger partial charge in [0.15, 0.2) is 0 Å². The van der Waals surface area contributed by atoms with Gasteiger partial charge < -0.3 is 9.84 Å². The Morgan fingerprint density at radius 3 is 2.69 bits per heavy atom. The van der Waals surface area contributed by atoms with Crippen molar-refractivity contribution in [2.75, 3.05) is 6.61 Å². The highest BCUT2D eigenvalue weighted by molar-refractivity contribution is 5.73. The van der Waals surface area contributed by atoms with E-state index >= 15 is 0 Å². The van der Waals surface area contributed by atoms with Crippen LogP contribution in [0, 0.1) is 11.8 Å². The molecule has 1 fully saturated rings. The third-order valence-corrected chi connectivity index (χ3v) is 2.78. The monoisotopic (exact) mass is 186 g/mol. The van der Waals surface area contributed by atoms with Gasteiger partial charge in [0.2, 0.25) is 0 Å². The number of hydrogen-bond acceptors (Lipinski definition) is 3. The molecular weight excluding hydrogens is 168 g/mol. The van der Waals surface area contributed by atoms with E-state index in [2.05, 4.69) is 6.92 Å². The van der Waals surface area contributed by atoms with E-state index in [0.29, 0.717) is 18.9 Å². The number of aliphatic hydroxyl groups excluding tert-OH is 1. The largest absolute Gasteiger partial charge is 0.466 e. The molecule has 0 radical (unpaired) electrons. The van der Waals surface area contributed by atoms with Gasteiger partial charge in [0, 0.05) is 0 Å². The molecule has 76 valence electrons. The molecule has 3 heteroatoms. The van der Waals surface area contributed by atoms with E-state index < -0.39 is 0 Å². The number of carbonyl (C=O) groups is 1. The number of ether oxygens (including phenoxy) is 1. The average Bonchev–Trinajstić information content (AvgIpc) is 2.47. The number of hydrogen-bond donors (Lipinski definition) is 1. The van der Waals surface area contributed by atoms with E-state index in [9.17, 15) is 9.90 Å². The maximum atomic E-state index is 11.4. The van der Waals surface area contributed by atoms with Gasteiger partial charge in [-0.1, -0.05) is 13.3 Å². The molecule has 1 N–H and O–H groups in total. The molecule has 0 aromatic heterocycles. The number of esters is 1. The molecule has 13 heavy (non-hydrogen) atoms. The zero-order valence-corrected chi connectivity index (χ0v) is 8.32. The van der Waals surface area contributed by atoms with E-state index in [-0.39, 0.29) is 18.0 Å². The Balaban J connectivity index is 2.52. The van der Waals surface area contributed by atoms with Crippen LogP contribution in [0.4, 0.5) is 0 Å². The predicted molar refractivity (Wildman–Crippen MR) is 49.1 cm³/mol. The second kappa shape index (κ2) is 4.61. The first-order chi connectivity index (χ1) is 6.19. The fraction of sp³-hybridized carbons (Fsp3) is 0.900. The Morgan fingerprint density at radius 1 is 1.46 bits per heavy atom. The molecule has 3 atom stereocenters. The topological polar surface area (TPSA) is 46.5 Å². The summed E-state index contributed by atoms with van der Waals surface area (Å²) in [6, 6.07) is 0. The van der Waals surface area contributed by atoms with Crippen molar-refractivity contribution in [3.8, 4) is 0 Å². The lowest BCUT2D eigenvalue weighted by molar-refractivity contribution is -0.149. The second-order valence-electron chi connectivity index (χ2n) is 3.65. The second-order valence-corrected chi connectivity index (χ2v) is 3.65. The van der Waals surface area contributed by atoms with Gasteiger partial charge in [-0.05, 0) is 25.7 Å². The number of aliphatic hydroxyl groups is 1. The SMILES string of the molecule is CCOC(=O)[C@H]1C[C@H](O)C[C@H]1CC.